The molecule has 1 saturated heterocycles. The smallest absolute Gasteiger partial charge is 0.347 e. The largest absolute Gasteiger partial charge is 0.466 e. The molecule has 1 aliphatic rings. The zero-order valence-electron chi connectivity index (χ0n) is 16.3. The van der Waals surface area contributed by atoms with Crippen LogP contribution in [0.3, 0.4) is 0 Å². The van der Waals surface area contributed by atoms with E-state index in [4.69, 9.17) is 13.9 Å². The molecule has 3 rings (SSSR count). The minimum atomic E-state index is -0.933. The molecule has 150 valence electrons. The average Bonchev–Trinajstić information content (AvgIpc) is 3.15. The van der Waals surface area contributed by atoms with Crippen molar-refractivity contribution in [3.8, 4) is 0 Å². The number of methoxy groups -OCH3 is 1. The number of nitrogens with zero attached hydrogens (tertiary/aromatic N) is 1. The maximum absolute atomic E-state index is 12.9. The molecule has 1 unspecified atom stereocenters. The molecule has 1 aromatic heterocycles. The SMILES string of the molecule is COC(=O)C(CC(C)C)OC(=O)[C@@H]1CCCN1c1cc(=O)oc2ccccc12. The molecular weight excluding hydrogens is 362 g/mol. The number of hydrogen-bond acceptors (Lipinski definition) is 7. The number of para-hydroxylation sites is 1. The summed E-state index contributed by atoms with van der Waals surface area (Å²) in [6, 6.07) is 8.05. The average molecular weight is 387 g/mol. The fourth-order valence-corrected chi connectivity index (χ4v) is 3.60. The van der Waals surface area contributed by atoms with Crippen molar-refractivity contribution in [1.82, 2.24) is 0 Å². The van der Waals surface area contributed by atoms with E-state index in [1.165, 1.54) is 13.2 Å². The predicted octanol–water partition coefficient (Wildman–Crippen LogP) is 2.89. The molecule has 0 N–H and O–H groups in total. The maximum atomic E-state index is 12.9. The molecule has 0 aliphatic carbocycles. The number of hydrogen-bond donors (Lipinski definition) is 0. The van der Waals surface area contributed by atoms with Crippen molar-refractivity contribution in [1.29, 1.82) is 0 Å². The summed E-state index contributed by atoms with van der Waals surface area (Å²) in [6.07, 6.45) is 0.824. The molecule has 0 spiro atoms. The van der Waals surface area contributed by atoms with Gasteiger partial charge >= 0.3 is 17.6 Å². The number of esters is 2. The Morgan fingerprint density at radius 1 is 1.29 bits per heavy atom. The number of carbonyl (C=O) groups is 2. The van der Waals surface area contributed by atoms with E-state index >= 15 is 0 Å². The van der Waals surface area contributed by atoms with Crippen molar-refractivity contribution in [3.05, 3.63) is 40.8 Å². The second kappa shape index (κ2) is 8.46. The standard InChI is InChI=1S/C21H25NO6/c1-13(2)11-18(21(25)26-3)28-20(24)15-8-6-10-22(15)16-12-19(23)27-17-9-5-4-7-14(16)17/h4-5,7,9,12-13,15,18H,6,8,10-11H2,1-3H3/t15-,18?/m0/s1. The van der Waals surface area contributed by atoms with Gasteiger partial charge in [-0.1, -0.05) is 26.0 Å². The second-order valence-electron chi connectivity index (χ2n) is 7.38. The Labute approximate surface area is 163 Å². The van der Waals surface area contributed by atoms with E-state index in [0.717, 1.165) is 11.8 Å². The van der Waals surface area contributed by atoms with Crippen LogP contribution in [0, 0.1) is 5.92 Å². The van der Waals surface area contributed by atoms with Crippen LogP contribution in [0.5, 0.6) is 0 Å². The van der Waals surface area contributed by atoms with Crippen LogP contribution in [0.4, 0.5) is 5.69 Å². The van der Waals surface area contributed by atoms with Gasteiger partial charge in [-0.3, -0.25) is 0 Å². The molecule has 2 aromatic rings. The van der Waals surface area contributed by atoms with Crippen molar-refractivity contribution in [2.45, 2.75) is 45.3 Å². The van der Waals surface area contributed by atoms with Gasteiger partial charge in [-0.2, -0.15) is 0 Å². The topological polar surface area (TPSA) is 86.0 Å². The van der Waals surface area contributed by atoms with Gasteiger partial charge in [-0.25, -0.2) is 14.4 Å². The summed E-state index contributed by atoms with van der Waals surface area (Å²) in [5.41, 5.74) is 0.640. The first-order valence-corrected chi connectivity index (χ1v) is 9.48. The summed E-state index contributed by atoms with van der Waals surface area (Å²) in [5.74, 6) is -0.873. The normalized spacial score (nSPS) is 17.7. The molecule has 0 amide bonds. The van der Waals surface area contributed by atoms with Crippen LogP contribution in [0.2, 0.25) is 0 Å². The first-order valence-electron chi connectivity index (χ1n) is 9.48. The third-order valence-electron chi connectivity index (χ3n) is 4.87. The van der Waals surface area contributed by atoms with E-state index in [2.05, 4.69) is 0 Å². The lowest BCUT2D eigenvalue weighted by Crippen LogP contribution is -2.41. The number of fused-ring (bicyclic) bond motifs is 1. The Balaban J connectivity index is 1.88. The molecule has 2 atom stereocenters. The molecule has 0 radical (unpaired) electrons. The van der Waals surface area contributed by atoms with E-state index in [0.29, 0.717) is 30.7 Å². The van der Waals surface area contributed by atoms with Gasteiger partial charge < -0.3 is 18.8 Å². The Morgan fingerprint density at radius 2 is 2.04 bits per heavy atom. The van der Waals surface area contributed by atoms with Gasteiger partial charge in [0.15, 0.2) is 6.10 Å². The first kappa shape index (κ1) is 19.9. The van der Waals surface area contributed by atoms with E-state index in [1.54, 1.807) is 12.1 Å². The highest BCUT2D eigenvalue weighted by Crippen LogP contribution is 2.32. The van der Waals surface area contributed by atoms with Gasteiger partial charge in [-0.15, -0.1) is 0 Å². The Bertz CT molecular complexity index is 918. The van der Waals surface area contributed by atoms with E-state index in [-0.39, 0.29) is 5.92 Å². The molecule has 1 aromatic carbocycles. The van der Waals surface area contributed by atoms with Crippen LogP contribution in [0.15, 0.2) is 39.5 Å². The lowest BCUT2D eigenvalue weighted by atomic mass is 10.1. The highest BCUT2D eigenvalue weighted by atomic mass is 16.6. The molecule has 1 fully saturated rings. The Kier molecular flexibility index (Phi) is 6.02. The summed E-state index contributed by atoms with van der Waals surface area (Å²) in [6.45, 7) is 4.50. The lowest BCUT2D eigenvalue weighted by Gasteiger charge is -2.27. The van der Waals surface area contributed by atoms with Gasteiger partial charge in [0.25, 0.3) is 0 Å². The highest BCUT2D eigenvalue weighted by molar-refractivity contribution is 5.93. The zero-order valence-corrected chi connectivity index (χ0v) is 16.3. The Hall–Kier alpha value is -2.83. The molecule has 1 aliphatic heterocycles. The quantitative estimate of drug-likeness (QED) is 0.556. The highest BCUT2D eigenvalue weighted by Gasteiger charge is 2.36. The maximum Gasteiger partial charge on any atom is 0.347 e. The van der Waals surface area contributed by atoms with Crippen LogP contribution in [-0.2, 0) is 19.1 Å². The molecule has 0 bridgehead atoms. The molecule has 28 heavy (non-hydrogen) atoms. The molecule has 7 nitrogen and oxygen atoms in total. The van der Waals surface area contributed by atoms with E-state index in [1.807, 2.05) is 30.9 Å². The Morgan fingerprint density at radius 3 is 2.75 bits per heavy atom. The van der Waals surface area contributed by atoms with Crippen LogP contribution in [0.1, 0.15) is 33.1 Å². The van der Waals surface area contributed by atoms with Gasteiger partial charge in [-0.05, 0) is 37.3 Å². The fourth-order valence-electron chi connectivity index (χ4n) is 3.60. The van der Waals surface area contributed by atoms with Gasteiger partial charge in [0.1, 0.15) is 11.6 Å². The van der Waals surface area contributed by atoms with Gasteiger partial charge in [0.2, 0.25) is 0 Å². The predicted molar refractivity (Wildman–Crippen MR) is 104 cm³/mol. The van der Waals surface area contributed by atoms with Crippen molar-refractivity contribution < 1.29 is 23.5 Å². The first-order chi connectivity index (χ1) is 13.4. The van der Waals surface area contributed by atoms with Crippen molar-refractivity contribution >= 4 is 28.6 Å². The molecule has 0 saturated carbocycles. The van der Waals surface area contributed by atoms with Crippen LogP contribution in [-0.4, -0.2) is 37.7 Å². The van der Waals surface area contributed by atoms with Crippen LogP contribution < -0.4 is 10.5 Å². The monoisotopic (exact) mass is 387 g/mol. The van der Waals surface area contributed by atoms with Gasteiger partial charge in [0.05, 0.1) is 12.8 Å². The zero-order chi connectivity index (χ0) is 20.3. The minimum Gasteiger partial charge on any atom is -0.466 e. The number of anilines is 1. The van der Waals surface area contributed by atoms with Crippen LogP contribution >= 0.6 is 0 Å². The number of carbonyl (C=O) groups excluding carboxylic acids is 2. The molecular formula is C21H25NO6. The lowest BCUT2D eigenvalue weighted by molar-refractivity contribution is -0.167. The summed E-state index contributed by atoms with van der Waals surface area (Å²) in [4.78, 5) is 38.8. The second-order valence-corrected chi connectivity index (χ2v) is 7.38. The van der Waals surface area contributed by atoms with Gasteiger partial charge in [0, 0.05) is 18.0 Å². The van der Waals surface area contributed by atoms with E-state index < -0.39 is 29.7 Å². The number of benzene rings is 1. The number of ether oxygens (including phenoxy) is 2. The summed E-state index contributed by atoms with van der Waals surface area (Å²) < 4.78 is 15.6. The molecule has 7 heteroatoms. The fraction of sp³-hybridized carbons (Fsp3) is 0.476. The van der Waals surface area contributed by atoms with E-state index in [9.17, 15) is 14.4 Å². The third kappa shape index (κ3) is 4.18. The summed E-state index contributed by atoms with van der Waals surface area (Å²) >= 11 is 0. The molecule has 2 heterocycles. The summed E-state index contributed by atoms with van der Waals surface area (Å²) in [5, 5.41) is 0.758. The third-order valence-corrected chi connectivity index (χ3v) is 4.87. The van der Waals surface area contributed by atoms with Crippen molar-refractivity contribution in [2.75, 3.05) is 18.6 Å². The van der Waals surface area contributed by atoms with Crippen molar-refractivity contribution in [3.63, 3.8) is 0 Å². The van der Waals surface area contributed by atoms with Crippen molar-refractivity contribution in [2.24, 2.45) is 5.92 Å². The minimum absolute atomic E-state index is 0.166. The summed E-state index contributed by atoms with van der Waals surface area (Å²) in [7, 11) is 1.28. The number of rotatable bonds is 6. The van der Waals surface area contributed by atoms with Crippen LogP contribution in [0.25, 0.3) is 11.0 Å².